The Morgan fingerprint density at radius 2 is 0.462 bits per heavy atom. The molecular weight excluding hydrogens is 645 g/mol. The minimum absolute atomic E-state index is 0.722. The quantitative estimate of drug-likeness (QED) is 0.0670. The van der Waals surface area contributed by atoms with Crippen LogP contribution in [0.25, 0.3) is 0 Å². The Morgan fingerprint density at radius 3 is 0.635 bits per heavy atom. The van der Waals surface area contributed by atoms with Crippen molar-refractivity contribution in [2.75, 3.05) is 36.2 Å². The highest BCUT2D eigenvalue weighted by Crippen LogP contribution is 2.40. The summed E-state index contributed by atoms with van der Waals surface area (Å²) < 4.78 is 24.0. The topological polar surface area (TPSA) is 43.4 Å². The normalized spacial score (nSPS) is 10.8. The lowest BCUT2D eigenvalue weighted by molar-refractivity contribution is 0.309. The molecule has 0 bridgehead atoms. The van der Waals surface area contributed by atoms with Crippen LogP contribution in [0.5, 0.6) is 23.0 Å². The molecule has 0 amide bonds. The van der Waals surface area contributed by atoms with Gasteiger partial charge in [0.25, 0.3) is 0 Å². The molecule has 5 aromatic rings. The van der Waals surface area contributed by atoms with Crippen molar-refractivity contribution in [1.82, 2.24) is 0 Å². The first-order valence-electron chi connectivity index (χ1n) is 19.2. The molecule has 0 radical (unpaired) electrons. The van der Waals surface area contributed by atoms with Crippen LogP contribution in [0, 0.1) is 0 Å². The summed E-state index contributed by atoms with van der Waals surface area (Å²) in [6, 6.07) is 42.2. The standard InChI is InChI=1S/C46H56N2O4/c1-5-9-33-49-43-25-17-39(18-26-43)47(40-19-27-44(28-20-40)50-34-10-6-2)37-13-15-38(16-14-37)48(41-21-29-45(30-22-41)51-35-11-7-3)42-23-31-46(32-24-42)52-36-12-8-4/h13-32H,5-12,33-36H2,1-4H3. The van der Waals surface area contributed by atoms with E-state index in [2.05, 4.69) is 159 Å². The molecular formula is C46H56N2O4. The Balaban J connectivity index is 1.47. The van der Waals surface area contributed by atoms with Gasteiger partial charge in [0.1, 0.15) is 23.0 Å². The van der Waals surface area contributed by atoms with E-state index in [0.29, 0.717) is 0 Å². The van der Waals surface area contributed by atoms with Crippen LogP contribution < -0.4 is 28.7 Å². The van der Waals surface area contributed by atoms with Crippen molar-refractivity contribution in [2.45, 2.75) is 79.1 Å². The van der Waals surface area contributed by atoms with Crippen LogP contribution >= 0.6 is 0 Å². The lowest BCUT2D eigenvalue weighted by Gasteiger charge is -2.28. The van der Waals surface area contributed by atoms with Gasteiger partial charge < -0.3 is 28.7 Å². The zero-order valence-corrected chi connectivity index (χ0v) is 31.6. The van der Waals surface area contributed by atoms with Gasteiger partial charge >= 0.3 is 0 Å². The van der Waals surface area contributed by atoms with Crippen molar-refractivity contribution < 1.29 is 18.9 Å². The van der Waals surface area contributed by atoms with Crippen molar-refractivity contribution >= 4 is 34.1 Å². The Kier molecular flexibility index (Phi) is 15.2. The highest BCUT2D eigenvalue weighted by Gasteiger charge is 2.17. The van der Waals surface area contributed by atoms with E-state index in [1.807, 2.05) is 0 Å². The zero-order valence-electron chi connectivity index (χ0n) is 31.6. The molecule has 0 aliphatic heterocycles. The summed E-state index contributed by atoms with van der Waals surface area (Å²) in [7, 11) is 0. The van der Waals surface area contributed by atoms with E-state index in [0.717, 1.165) is 135 Å². The fraction of sp³-hybridized carbons (Fsp3) is 0.348. The van der Waals surface area contributed by atoms with Crippen LogP contribution in [-0.2, 0) is 0 Å². The molecule has 0 saturated heterocycles. The van der Waals surface area contributed by atoms with Crippen molar-refractivity contribution in [3.05, 3.63) is 121 Å². The number of hydrogen-bond donors (Lipinski definition) is 0. The predicted octanol–water partition coefficient (Wildman–Crippen LogP) is 13.3. The Labute approximate surface area is 311 Å². The fourth-order valence-corrected chi connectivity index (χ4v) is 5.75. The van der Waals surface area contributed by atoms with Gasteiger partial charge in [0.2, 0.25) is 0 Å². The van der Waals surface area contributed by atoms with Crippen molar-refractivity contribution in [2.24, 2.45) is 0 Å². The first kappa shape index (κ1) is 38.1. The second-order valence-corrected chi connectivity index (χ2v) is 13.0. The molecule has 6 heteroatoms. The Hall–Kier alpha value is -5.10. The van der Waals surface area contributed by atoms with Gasteiger partial charge in [-0.3, -0.25) is 0 Å². The molecule has 0 aliphatic rings. The molecule has 0 aromatic heterocycles. The van der Waals surface area contributed by atoms with Gasteiger partial charge in [0.15, 0.2) is 0 Å². The van der Waals surface area contributed by atoms with Crippen LogP contribution in [0.3, 0.4) is 0 Å². The first-order chi connectivity index (χ1) is 25.6. The number of rotatable bonds is 22. The molecule has 0 spiro atoms. The highest BCUT2D eigenvalue weighted by molar-refractivity contribution is 5.81. The van der Waals surface area contributed by atoms with Crippen LogP contribution in [0.1, 0.15) is 79.1 Å². The van der Waals surface area contributed by atoms with E-state index in [4.69, 9.17) is 18.9 Å². The highest BCUT2D eigenvalue weighted by atomic mass is 16.5. The fourth-order valence-electron chi connectivity index (χ4n) is 5.75. The van der Waals surface area contributed by atoms with E-state index >= 15 is 0 Å². The Morgan fingerprint density at radius 1 is 0.288 bits per heavy atom. The van der Waals surface area contributed by atoms with Gasteiger partial charge in [-0.15, -0.1) is 0 Å². The summed E-state index contributed by atoms with van der Waals surface area (Å²) in [4.78, 5) is 4.54. The monoisotopic (exact) mass is 700 g/mol. The van der Waals surface area contributed by atoms with Crippen LogP contribution in [0.2, 0.25) is 0 Å². The van der Waals surface area contributed by atoms with Gasteiger partial charge in [-0.2, -0.15) is 0 Å². The van der Waals surface area contributed by atoms with E-state index in [1.54, 1.807) is 0 Å². The predicted molar refractivity (Wildman–Crippen MR) is 217 cm³/mol. The number of ether oxygens (including phenoxy) is 4. The molecule has 0 N–H and O–H groups in total. The summed E-state index contributed by atoms with van der Waals surface area (Å²) >= 11 is 0. The molecule has 6 nitrogen and oxygen atoms in total. The molecule has 0 atom stereocenters. The maximum atomic E-state index is 5.99. The van der Waals surface area contributed by atoms with Gasteiger partial charge in [0.05, 0.1) is 26.4 Å². The number of anilines is 6. The third-order valence-corrected chi connectivity index (χ3v) is 8.81. The van der Waals surface area contributed by atoms with Crippen LogP contribution in [-0.4, -0.2) is 26.4 Å². The van der Waals surface area contributed by atoms with Crippen molar-refractivity contribution in [3.8, 4) is 23.0 Å². The smallest absolute Gasteiger partial charge is 0.119 e. The average molecular weight is 701 g/mol. The zero-order chi connectivity index (χ0) is 36.4. The molecule has 0 heterocycles. The van der Waals surface area contributed by atoms with Gasteiger partial charge in [-0.25, -0.2) is 0 Å². The number of unbranched alkanes of at least 4 members (excludes halogenated alkanes) is 4. The van der Waals surface area contributed by atoms with Crippen molar-refractivity contribution in [3.63, 3.8) is 0 Å². The minimum Gasteiger partial charge on any atom is -0.494 e. The molecule has 274 valence electrons. The second-order valence-electron chi connectivity index (χ2n) is 13.0. The first-order valence-corrected chi connectivity index (χ1v) is 19.2. The third kappa shape index (κ3) is 10.9. The van der Waals surface area contributed by atoms with E-state index in [-0.39, 0.29) is 0 Å². The summed E-state index contributed by atoms with van der Waals surface area (Å²) in [5, 5.41) is 0. The molecule has 0 aliphatic carbocycles. The summed E-state index contributed by atoms with van der Waals surface area (Å²) in [6.07, 6.45) is 8.58. The molecule has 0 fully saturated rings. The van der Waals surface area contributed by atoms with E-state index < -0.39 is 0 Å². The minimum atomic E-state index is 0.722. The summed E-state index contributed by atoms with van der Waals surface area (Å²) in [6.45, 7) is 11.6. The summed E-state index contributed by atoms with van der Waals surface area (Å²) in [5.41, 5.74) is 6.27. The molecule has 52 heavy (non-hydrogen) atoms. The van der Waals surface area contributed by atoms with Gasteiger partial charge in [-0.1, -0.05) is 53.4 Å². The van der Waals surface area contributed by atoms with Crippen LogP contribution in [0.15, 0.2) is 121 Å². The maximum absolute atomic E-state index is 5.99. The van der Waals surface area contributed by atoms with Crippen molar-refractivity contribution in [1.29, 1.82) is 0 Å². The van der Waals surface area contributed by atoms with Crippen LogP contribution in [0.4, 0.5) is 34.1 Å². The van der Waals surface area contributed by atoms with Gasteiger partial charge in [0, 0.05) is 34.1 Å². The molecule has 5 rings (SSSR count). The van der Waals surface area contributed by atoms with Gasteiger partial charge in [-0.05, 0) is 147 Å². The second kappa shape index (κ2) is 20.7. The SMILES string of the molecule is CCCCOc1ccc(N(c2ccc(OCCCC)cc2)c2ccc(N(c3ccc(OCCCC)cc3)c3ccc(OCCCC)cc3)cc2)cc1. The number of benzene rings is 5. The summed E-state index contributed by atoms with van der Waals surface area (Å²) in [5.74, 6) is 3.52. The number of nitrogens with zero attached hydrogens (tertiary/aromatic N) is 2. The molecule has 5 aromatic carbocycles. The molecule has 0 saturated carbocycles. The van der Waals surface area contributed by atoms with E-state index in [9.17, 15) is 0 Å². The molecule has 0 unspecified atom stereocenters. The largest absolute Gasteiger partial charge is 0.494 e. The Bertz CT molecular complexity index is 1470. The van der Waals surface area contributed by atoms with E-state index in [1.165, 1.54) is 0 Å². The third-order valence-electron chi connectivity index (χ3n) is 8.81. The lowest BCUT2D eigenvalue weighted by atomic mass is 10.1. The number of hydrogen-bond acceptors (Lipinski definition) is 6. The maximum Gasteiger partial charge on any atom is 0.119 e. The lowest BCUT2D eigenvalue weighted by Crippen LogP contribution is -2.12. The average Bonchev–Trinajstić information content (AvgIpc) is 3.18.